The van der Waals surface area contributed by atoms with Crippen LogP contribution in [0.15, 0.2) is 42.9 Å². The Kier molecular flexibility index (Phi) is 6.72. The molecule has 0 bridgehead atoms. The second-order valence-corrected chi connectivity index (χ2v) is 13.1. The molecular formula is C33H41N7O3. The second kappa shape index (κ2) is 10.4. The minimum absolute atomic E-state index is 0.135. The molecule has 2 amide bonds. The molecule has 3 fully saturated rings. The lowest BCUT2D eigenvalue weighted by molar-refractivity contribution is -0.134. The van der Waals surface area contributed by atoms with Crippen LogP contribution in [0.5, 0.6) is 0 Å². The van der Waals surface area contributed by atoms with Gasteiger partial charge in [0.2, 0.25) is 5.91 Å². The van der Waals surface area contributed by atoms with Crippen molar-refractivity contribution in [2.45, 2.75) is 82.3 Å². The molecule has 2 aromatic heterocycles. The Bertz CT molecular complexity index is 1610. The van der Waals surface area contributed by atoms with Crippen LogP contribution in [0.4, 0.5) is 11.5 Å². The Morgan fingerprint density at radius 3 is 2.47 bits per heavy atom. The van der Waals surface area contributed by atoms with Crippen molar-refractivity contribution >= 4 is 34.4 Å². The van der Waals surface area contributed by atoms with Crippen LogP contribution in [0.2, 0.25) is 0 Å². The first kappa shape index (κ1) is 27.9. The highest BCUT2D eigenvalue weighted by atomic mass is 16.3. The summed E-state index contributed by atoms with van der Waals surface area (Å²) in [6.07, 6.45) is 8.60. The number of likely N-dealkylation sites (tertiary alicyclic amines) is 2. The maximum atomic E-state index is 14.5. The average molecular weight is 584 g/mol. The minimum Gasteiger partial charge on any atom is -0.503 e. The molecule has 1 aliphatic carbocycles. The number of hydrogen-bond acceptors (Lipinski definition) is 7. The highest BCUT2D eigenvalue weighted by Crippen LogP contribution is 2.52. The van der Waals surface area contributed by atoms with Crippen molar-refractivity contribution in [3.8, 4) is 11.3 Å². The van der Waals surface area contributed by atoms with Crippen LogP contribution in [0.1, 0.15) is 70.4 Å². The number of nitrogens with zero attached hydrogens (tertiary/aromatic N) is 6. The molecule has 226 valence electrons. The van der Waals surface area contributed by atoms with Gasteiger partial charge in [-0.15, -0.1) is 0 Å². The number of carbonyl (C=O) groups is 2. The number of benzene rings is 1. The molecule has 2 saturated heterocycles. The Morgan fingerprint density at radius 2 is 1.79 bits per heavy atom. The van der Waals surface area contributed by atoms with E-state index in [1.807, 2.05) is 23.0 Å². The van der Waals surface area contributed by atoms with E-state index in [-0.39, 0.29) is 18.0 Å². The van der Waals surface area contributed by atoms with Crippen molar-refractivity contribution in [3.05, 3.63) is 48.5 Å². The number of carbonyl (C=O) groups excluding carboxylic acids is 2. The maximum absolute atomic E-state index is 14.5. The lowest BCUT2D eigenvalue weighted by Gasteiger charge is -2.48. The number of imidazole rings is 1. The Hall–Kier alpha value is -3.92. The van der Waals surface area contributed by atoms with E-state index in [4.69, 9.17) is 10.7 Å². The van der Waals surface area contributed by atoms with Gasteiger partial charge in [-0.1, -0.05) is 25.1 Å². The molecular weight excluding hydrogens is 542 g/mol. The van der Waals surface area contributed by atoms with Gasteiger partial charge in [-0.25, -0.2) is 9.97 Å². The second-order valence-electron chi connectivity index (χ2n) is 13.1. The highest BCUT2D eigenvalue weighted by molar-refractivity contribution is 6.09. The van der Waals surface area contributed by atoms with Gasteiger partial charge in [0.25, 0.3) is 5.91 Å². The number of nitrogens with two attached hydrogens (primary N) is 1. The molecule has 0 unspecified atom stereocenters. The molecule has 1 spiro atoms. The van der Waals surface area contributed by atoms with E-state index in [0.717, 1.165) is 59.5 Å². The molecule has 3 aliphatic heterocycles. The monoisotopic (exact) mass is 583 g/mol. The lowest BCUT2D eigenvalue weighted by atomic mass is 9.73. The van der Waals surface area contributed by atoms with Crippen molar-refractivity contribution in [1.82, 2.24) is 24.3 Å². The number of fused-ring (bicyclic) bond motifs is 3. The number of nitrogen functional groups attached to an aromatic ring is 1. The Balaban J connectivity index is 1.24. The standard InChI is InChI=1S/C33H41N7O3/c1-20(2)39-19-35-27-18-26(36-30(34)29(27)39)22-7-8-25-28(15-22)40(24-16-23(17-24)37-11-5-4-6-12-37)32(43)33(25)9-13-38(14-10-33)31(42)21(3)41/h7-8,15,18-20,23-24,41H,3-6,9-14,16-17H2,1-2H3,(H2,34,36). The van der Waals surface area contributed by atoms with Crippen LogP contribution >= 0.6 is 0 Å². The number of aliphatic hydroxyl groups is 1. The van der Waals surface area contributed by atoms with E-state index >= 15 is 0 Å². The van der Waals surface area contributed by atoms with Crippen LogP contribution in [0, 0.1) is 0 Å². The molecule has 3 aromatic rings. The van der Waals surface area contributed by atoms with Crippen molar-refractivity contribution < 1.29 is 14.7 Å². The number of aromatic nitrogens is 3. The quantitative estimate of drug-likeness (QED) is 0.334. The van der Waals surface area contributed by atoms with E-state index in [9.17, 15) is 14.7 Å². The Morgan fingerprint density at radius 1 is 1.07 bits per heavy atom. The summed E-state index contributed by atoms with van der Waals surface area (Å²) in [5, 5.41) is 9.69. The fourth-order valence-corrected chi connectivity index (χ4v) is 7.85. The highest BCUT2D eigenvalue weighted by Gasteiger charge is 2.56. The fraction of sp³-hybridized carbons (Fsp3) is 0.515. The first-order valence-electron chi connectivity index (χ1n) is 15.7. The van der Waals surface area contributed by atoms with Crippen LogP contribution in [-0.2, 0) is 15.0 Å². The summed E-state index contributed by atoms with van der Waals surface area (Å²) in [4.78, 5) is 42.6. The van der Waals surface area contributed by atoms with Gasteiger partial charge in [-0.3, -0.25) is 9.59 Å². The first-order chi connectivity index (χ1) is 20.7. The molecule has 5 heterocycles. The third-order valence-electron chi connectivity index (χ3n) is 10.3. The summed E-state index contributed by atoms with van der Waals surface area (Å²) in [5.74, 6) is -0.347. The summed E-state index contributed by atoms with van der Waals surface area (Å²) < 4.78 is 2.03. The number of pyridine rings is 1. The van der Waals surface area contributed by atoms with Crippen molar-refractivity contribution in [1.29, 1.82) is 0 Å². The van der Waals surface area contributed by atoms with Gasteiger partial charge in [0.1, 0.15) is 11.3 Å². The number of anilines is 2. The summed E-state index contributed by atoms with van der Waals surface area (Å²) in [5.41, 5.74) is 11.0. The molecule has 0 radical (unpaired) electrons. The molecule has 43 heavy (non-hydrogen) atoms. The smallest absolute Gasteiger partial charge is 0.288 e. The SMILES string of the molecule is C=C(O)C(=O)N1CCC2(CC1)C(=O)N(C1CC(N3CCCCC3)C1)c1cc(-c3cc4ncn(C(C)C)c4c(N)n3)ccc12. The largest absolute Gasteiger partial charge is 0.503 e. The van der Waals surface area contributed by atoms with Crippen molar-refractivity contribution in [3.63, 3.8) is 0 Å². The normalized spacial score (nSPS) is 23.7. The molecule has 0 atom stereocenters. The minimum atomic E-state index is -0.690. The third-order valence-corrected chi connectivity index (χ3v) is 10.3. The summed E-state index contributed by atoms with van der Waals surface area (Å²) in [6, 6.07) is 9.09. The zero-order valence-electron chi connectivity index (χ0n) is 25.1. The zero-order valence-corrected chi connectivity index (χ0v) is 25.1. The number of piperidine rings is 2. The Labute approximate surface area is 252 Å². The molecule has 1 aromatic carbocycles. The topological polar surface area (TPSA) is 121 Å². The molecule has 3 N–H and O–H groups in total. The van der Waals surface area contributed by atoms with Crippen LogP contribution in [-0.4, -0.2) is 79.5 Å². The maximum Gasteiger partial charge on any atom is 0.288 e. The van der Waals surface area contributed by atoms with Gasteiger partial charge in [0, 0.05) is 42.5 Å². The van der Waals surface area contributed by atoms with Gasteiger partial charge < -0.3 is 30.1 Å². The molecule has 1 saturated carbocycles. The van der Waals surface area contributed by atoms with Crippen molar-refractivity contribution in [2.24, 2.45) is 0 Å². The first-order valence-corrected chi connectivity index (χ1v) is 15.7. The molecule has 4 aliphatic rings. The van der Waals surface area contributed by atoms with Gasteiger partial charge in [-0.05, 0) is 83.2 Å². The van der Waals surface area contributed by atoms with E-state index < -0.39 is 17.1 Å². The molecule has 7 rings (SSSR count). The summed E-state index contributed by atoms with van der Waals surface area (Å²) >= 11 is 0. The van der Waals surface area contributed by atoms with Crippen LogP contribution in [0.25, 0.3) is 22.3 Å². The van der Waals surface area contributed by atoms with Crippen molar-refractivity contribution in [2.75, 3.05) is 36.8 Å². The number of amides is 2. The van der Waals surface area contributed by atoms with Crippen LogP contribution < -0.4 is 10.6 Å². The van der Waals surface area contributed by atoms with E-state index in [1.54, 1.807) is 4.90 Å². The third kappa shape index (κ3) is 4.41. The van der Waals surface area contributed by atoms with Gasteiger partial charge in [0.05, 0.1) is 23.0 Å². The molecule has 10 nitrogen and oxygen atoms in total. The van der Waals surface area contributed by atoms with Crippen LogP contribution in [0.3, 0.4) is 0 Å². The zero-order chi connectivity index (χ0) is 30.0. The summed E-state index contributed by atoms with van der Waals surface area (Å²) in [6.45, 7) is 10.7. The number of hydrogen-bond donors (Lipinski definition) is 2. The number of rotatable bonds is 5. The van der Waals surface area contributed by atoms with Gasteiger partial charge in [0.15, 0.2) is 5.76 Å². The predicted octanol–water partition coefficient (Wildman–Crippen LogP) is 4.56. The van der Waals surface area contributed by atoms with E-state index in [2.05, 4.69) is 47.3 Å². The van der Waals surface area contributed by atoms with Gasteiger partial charge >= 0.3 is 0 Å². The number of aliphatic hydroxyl groups excluding tert-OH is 1. The average Bonchev–Trinajstić information content (AvgIpc) is 3.52. The molecule has 10 heteroatoms. The lowest BCUT2D eigenvalue weighted by Crippen LogP contribution is -2.58. The van der Waals surface area contributed by atoms with E-state index in [1.165, 1.54) is 19.3 Å². The predicted molar refractivity (Wildman–Crippen MR) is 167 cm³/mol. The van der Waals surface area contributed by atoms with E-state index in [0.29, 0.717) is 37.8 Å². The van der Waals surface area contributed by atoms with Gasteiger partial charge in [-0.2, -0.15) is 0 Å². The summed E-state index contributed by atoms with van der Waals surface area (Å²) in [7, 11) is 0. The fourth-order valence-electron chi connectivity index (χ4n) is 7.85.